The van der Waals surface area contributed by atoms with Crippen LogP contribution < -0.4 is 10.2 Å². The third-order valence-corrected chi connectivity index (χ3v) is 13.7. The van der Waals surface area contributed by atoms with Crippen LogP contribution >= 0.6 is 22.9 Å². The maximum absolute atomic E-state index is 14.0. The first-order chi connectivity index (χ1) is 27.0. The van der Waals surface area contributed by atoms with Crippen LogP contribution in [0.3, 0.4) is 0 Å². The van der Waals surface area contributed by atoms with Gasteiger partial charge in [0.05, 0.1) is 12.1 Å². The fourth-order valence-electron chi connectivity index (χ4n) is 9.01. The summed E-state index contributed by atoms with van der Waals surface area (Å²) in [5.74, 6) is 0.703. The molecule has 290 valence electrons. The van der Waals surface area contributed by atoms with Crippen LogP contribution in [0.15, 0.2) is 47.5 Å². The zero-order chi connectivity index (χ0) is 38.8. The number of imide groups is 1. The summed E-state index contributed by atoms with van der Waals surface area (Å²) in [7, 11) is 0. The minimum atomic E-state index is -0.616. The third kappa shape index (κ3) is 6.50. The number of aliphatic imine (C=N–C) groups is 1. The van der Waals surface area contributed by atoms with Gasteiger partial charge in [-0.3, -0.25) is 39.0 Å². The predicted molar refractivity (Wildman–Crippen MR) is 214 cm³/mol. The molecule has 0 radical (unpaired) electrons. The van der Waals surface area contributed by atoms with Crippen molar-refractivity contribution >= 4 is 58.0 Å². The molecule has 9 rings (SSSR count). The lowest BCUT2D eigenvalue weighted by molar-refractivity contribution is -0.137. The van der Waals surface area contributed by atoms with Gasteiger partial charge in [0, 0.05) is 90.6 Å². The number of aryl methyl sites for hydroxylation is 2. The van der Waals surface area contributed by atoms with Gasteiger partial charge in [-0.2, -0.15) is 0 Å². The number of hydrogen-bond acceptors (Lipinski definition) is 10. The number of carbonyl (C=O) groups excluding carboxylic acids is 4. The maximum atomic E-state index is 14.0. The molecule has 3 saturated heterocycles. The highest BCUT2D eigenvalue weighted by atomic mass is 35.5. The number of rotatable bonds is 6. The number of nitrogens with one attached hydrogen (secondary N) is 1. The number of anilines is 1. The number of nitrogens with zero attached hydrogens (tertiary/aromatic N) is 8. The molecule has 2 aromatic carbocycles. The Kier molecular flexibility index (Phi) is 9.53. The standard InChI is InChI=1S/C41H44ClN9O4S/c1-23-24(2)56-41-36(23)37(26-4-6-28(42)7-5-26)43-32(38-46-45-25(3)51(38)41)21-35(53)49-18-16-48(17-19-49)29-12-14-47(15-13-29)30-8-9-31-27(20-30)22-50(40(31)55)33-10-11-34(52)44-39(33)54/h4-9,20,29,32-33H,10-19,21-22H2,1-3H3,(H,44,52,54)/t32-,33?/m0/s1. The van der Waals surface area contributed by atoms with Crippen LogP contribution in [-0.4, -0.2) is 110 Å². The van der Waals surface area contributed by atoms with E-state index in [1.807, 2.05) is 48.2 Å². The van der Waals surface area contributed by atoms with Crippen molar-refractivity contribution in [1.29, 1.82) is 0 Å². The van der Waals surface area contributed by atoms with Crippen LogP contribution in [0.1, 0.15) is 87.3 Å². The lowest BCUT2D eigenvalue weighted by atomic mass is 9.99. The van der Waals surface area contributed by atoms with Crippen molar-refractivity contribution in [3.05, 3.63) is 91.8 Å². The number of piperazine rings is 1. The van der Waals surface area contributed by atoms with E-state index in [2.05, 4.69) is 49.8 Å². The normalized spacial score (nSPS) is 21.8. The second kappa shape index (κ2) is 14.5. The molecule has 4 amide bonds. The van der Waals surface area contributed by atoms with Crippen LogP contribution in [0.5, 0.6) is 0 Å². The van der Waals surface area contributed by atoms with Gasteiger partial charge in [-0.25, -0.2) is 0 Å². The van der Waals surface area contributed by atoms with Crippen molar-refractivity contribution in [2.75, 3.05) is 44.2 Å². The van der Waals surface area contributed by atoms with E-state index in [1.54, 1.807) is 16.2 Å². The van der Waals surface area contributed by atoms with E-state index >= 15 is 0 Å². The molecule has 56 heavy (non-hydrogen) atoms. The highest BCUT2D eigenvalue weighted by Crippen LogP contribution is 2.40. The van der Waals surface area contributed by atoms with Gasteiger partial charge in [-0.1, -0.05) is 23.7 Å². The smallest absolute Gasteiger partial charge is 0.255 e. The summed E-state index contributed by atoms with van der Waals surface area (Å²) >= 11 is 7.98. The molecule has 1 N–H and O–H groups in total. The van der Waals surface area contributed by atoms with E-state index < -0.39 is 18.0 Å². The largest absolute Gasteiger partial charge is 0.371 e. The summed E-state index contributed by atoms with van der Waals surface area (Å²) in [6, 6.07) is 13.0. The zero-order valence-corrected chi connectivity index (χ0v) is 33.3. The van der Waals surface area contributed by atoms with Crippen molar-refractivity contribution < 1.29 is 19.2 Å². The fourth-order valence-corrected chi connectivity index (χ4v) is 10.4. The second-order valence-corrected chi connectivity index (χ2v) is 17.1. The molecule has 0 saturated carbocycles. The Morgan fingerprint density at radius 2 is 1.68 bits per heavy atom. The number of thiophene rings is 1. The number of benzene rings is 2. The Labute approximate surface area is 334 Å². The van der Waals surface area contributed by atoms with Gasteiger partial charge in [0.15, 0.2) is 5.82 Å². The highest BCUT2D eigenvalue weighted by molar-refractivity contribution is 7.15. The van der Waals surface area contributed by atoms with Gasteiger partial charge in [-0.15, -0.1) is 21.5 Å². The Morgan fingerprint density at radius 3 is 2.41 bits per heavy atom. The van der Waals surface area contributed by atoms with E-state index in [4.69, 9.17) is 16.6 Å². The van der Waals surface area contributed by atoms with Crippen LogP contribution in [0, 0.1) is 20.8 Å². The van der Waals surface area contributed by atoms with Crippen molar-refractivity contribution in [1.82, 2.24) is 34.8 Å². The molecule has 0 spiro atoms. The molecule has 5 aliphatic heterocycles. The third-order valence-electron chi connectivity index (χ3n) is 12.2. The number of fused-ring (bicyclic) bond motifs is 4. The van der Waals surface area contributed by atoms with Gasteiger partial charge < -0.3 is 14.7 Å². The SMILES string of the molecule is Cc1sc2c(c1C)C(c1ccc(Cl)cc1)=N[C@@H](CC(=O)N1CCN(C3CCN(c4ccc5c(c4)CN(C4CCC(=O)NC4=O)C5=O)CC3)CC1)c1nnc(C)n1-2. The first-order valence-corrected chi connectivity index (χ1v) is 20.6. The van der Waals surface area contributed by atoms with Crippen LogP contribution in [-0.2, 0) is 20.9 Å². The zero-order valence-electron chi connectivity index (χ0n) is 31.8. The molecule has 15 heteroatoms. The first kappa shape index (κ1) is 36.7. The van der Waals surface area contributed by atoms with Crippen molar-refractivity contribution in [3.63, 3.8) is 0 Å². The lowest BCUT2D eigenvalue weighted by Crippen LogP contribution is -2.54. The first-order valence-electron chi connectivity index (χ1n) is 19.4. The van der Waals surface area contributed by atoms with Crippen LogP contribution in [0.4, 0.5) is 5.69 Å². The van der Waals surface area contributed by atoms with E-state index in [0.717, 1.165) is 83.5 Å². The molecule has 13 nitrogen and oxygen atoms in total. The van der Waals surface area contributed by atoms with E-state index in [-0.39, 0.29) is 30.6 Å². The van der Waals surface area contributed by atoms with Gasteiger partial charge in [-0.05, 0) is 81.5 Å². The molecule has 2 atom stereocenters. The maximum Gasteiger partial charge on any atom is 0.255 e. The molecular weight excluding hydrogens is 750 g/mol. The fraction of sp³-hybridized carbons (Fsp3) is 0.439. The summed E-state index contributed by atoms with van der Waals surface area (Å²) in [4.78, 5) is 66.4. The van der Waals surface area contributed by atoms with Crippen molar-refractivity contribution in [2.45, 2.75) is 77.5 Å². The van der Waals surface area contributed by atoms with Gasteiger partial charge in [0.1, 0.15) is 22.9 Å². The van der Waals surface area contributed by atoms with Gasteiger partial charge in [0.25, 0.3) is 5.91 Å². The molecule has 0 aliphatic carbocycles. The molecule has 7 heterocycles. The number of aromatic nitrogens is 3. The van der Waals surface area contributed by atoms with Gasteiger partial charge in [0.2, 0.25) is 17.7 Å². The molecular formula is C41H44ClN9O4S. The molecule has 1 unspecified atom stereocenters. The Bertz CT molecular complexity index is 2290. The summed E-state index contributed by atoms with van der Waals surface area (Å²) in [5, 5.41) is 13.1. The number of piperidine rings is 2. The Hall–Kier alpha value is -4.92. The topological polar surface area (TPSA) is 136 Å². The molecule has 3 fully saturated rings. The van der Waals surface area contributed by atoms with Gasteiger partial charge >= 0.3 is 0 Å². The lowest BCUT2D eigenvalue weighted by Gasteiger charge is -2.43. The Balaban J connectivity index is 0.833. The number of hydrogen-bond donors (Lipinski definition) is 1. The molecule has 5 aliphatic rings. The quantitative estimate of drug-likeness (QED) is 0.276. The summed E-state index contributed by atoms with van der Waals surface area (Å²) in [6.45, 7) is 11.3. The molecule has 0 bridgehead atoms. The monoisotopic (exact) mass is 793 g/mol. The van der Waals surface area contributed by atoms with Crippen molar-refractivity contribution in [2.24, 2.45) is 4.99 Å². The van der Waals surface area contributed by atoms with Crippen LogP contribution in [0.2, 0.25) is 5.02 Å². The average Bonchev–Trinajstić information content (AvgIpc) is 3.81. The molecule has 2 aromatic heterocycles. The summed E-state index contributed by atoms with van der Waals surface area (Å²) < 4.78 is 2.09. The highest BCUT2D eigenvalue weighted by Gasteiger charge is 2.40. The minimum absolute atomic E-state index is 0.0697. The van der Waals surface area contributed by atoms with E-state index in [9.17, 15) is 19.2 Å². The van der Waals surface area contributed by atoms with E-state index in [1.165, 1.54) is 4.88 Å². The van der Waals surface area contributed by atoms with E-state index in [0.29, 0.717) is 48.5 Å². The summed E-state index contributed by atoms with van der Waals surface area (Å²) in [6.07, 6.45) is 2.82. The Morgan fingerprint density at radius 1 is 0.929 bits per heavy atom. The number of carbonyl (C=O) groups is 4. The van der Waals surface area contributed by atoms with Crippen LogP contribution in [0.25, 0.3) is 5.00 Å². The summed E-state index contributed by atoms with van der Waals surface area (Å²) in [5.41, 5.74) is 6.65. The minimum Gasteiger partial charge on any atom is -0.371 e. The molecule has 4 aromatic rings. The number of halogens is 1. The predicted octanol–water partition coefficient (Wildman–Crippen LogP) is 4.76. The average molecular weight is 794 g/mol. The number of amides is 4. The second-order valence-electron chi connectivity index (χ2n) is 15.5. The van der Waals surface area contributed by atoms with Crippen molar-refractivity contribution in [3.8, 4) is 5.00 Å².